The third-order valence-electron chi connectivity index (χ3n) is 3.36. The molecule has 0 atom stereocenters. The molecule has 1 fully saturated rings. The lowest BCUT2D eigenvalue weighted by Crippen LogP contribution is -2.51. The fourth-order valence-electron chi connectivity index (χ4n) is 2.12. The molecule has 1 heterocycles. The number of hydrogen-bond acceptors (Lipinski definition) is 3. The van der Waals surface area contributed by atoms with Crippen molar-refractivity contribution in [1.29, 1.82) is 0 Å². The normalized spacial score (nSPS) is 16.8. The van der Waals surface area contributed by atoms with Crippen LogP contribution in [0.3, 0.4) is 0 Å². The van der Waals surface area contributed by atoms with Gasteiger partial charge in [-0.1, -0.05) is 17.7 Å². The fourth-order valence-corrected chi connectivity index (χ4v) is 3.40. The van der Waals surface area contributed by atoms with Crippen LogP contribution in [0.25, 0.3) is 0 Å². The number of hydrogen-bond donors (Lipinski definition) is 1. The zero-order valence-corrected chi connectivity index (χ0v) is 13.3. The van der Waals surface area contributed by atoms with E-state index in [1.807, 2.05) is 0 Å². The second-order valence-electron chi connectivity index (χ2n) is 4.73. The molecule has 0 radical (unpaired) electrons. The Bertz CT molecular complexity index is 613. The van der Waals surface area contributed by atoms with E-state index in [0.29, 0.717) is 36.9 Å². The monoisotopic (exact) mass is 331 g/mol. The van der Waals surface area contributed by atoms with Gasteiger partial charge < -0.3 is 10.2 Å². The number of sulfonamides is 1. The predicted molar refractivity (Wildman–Crippen MR) is 83.1 cm³/mol. The number of benzene rings is 1. The van der Waals surface area contributed by atoms with E-state index >= 15 is 0 Å². The lowest BCUT2D eigenvalue weighted by molar-refractivity contribution is 0.184. The topological polar surface area (TPSA) is 69.7 Å². The summed E-state index contributed by atoms with van der Waals surface area (Å²) in [5.74, 6) is 0.0850. The molecule has 0 bridgehead atoms. The summed E-state index contributed by atoms with van der Waals surface area (Å²) < 4.78 is 24.9. The Hall–Kier alpha value is -1.31. The van der Waals surface area contributed by atoms with Gasteiger partial charge in [0.2, 0.25) is 10.0 Å². The molecule has 0 saturated carbocycles. The highest BCUT2D eigenvalue weighted by atomic mass is 35.5. The van der Waals surface area contributed by atoms with E-state index in [1.165, 1.54) is 4.31 Å². The quantitative estimate of drug-likeness (QED) is 0.918. The number of urea groups is 1. The maximum absolute atomic E-state index is 12.1. The minimum absolute atomic E-state index is 0.0850. The number of carbonyl (C=O) groups excluding carboxylic acids is 1. The Morgan fingerprint density at radius 3 is 2.52 bits per heavy atom. The molecule has 1 aromatic carbocycles. The number of nitrogens with one attached hydrogen (secondary N) is 1. The SMILES string of the molecule is CCS(=O)(=O)N1CCN(C(=O)Nc2cccc(Cl)c2)CC1. The Kier molecular flexibility index (Phi) is 5.08. The van der Waals surface area contributed by atoms with Gasteiger partial charge in [-0.2, -0.15) is 4.31 Å². The Morgan fingerprint density at radius 1 is 1.29 bits per heavy atom. The molecule has 21 heavy (non-hydrogen) atoms. The predicted octanol–water partition coefficient (Wildman–Crippen LogP) is 1.84. The molecule has 0 aromatic heterocycles. The van der Waals surface area contributed by atoms with E-state index in [9.17, 15) is 13.2 Å². The van der Waals surface area contributed by atoms with Crippen LogP contribution in [0.4, 0.5) is 10.5 Å². The van der Waals surface area contributed by atoms with Crippen LogP contribution >= 0.6 is 11.6 Å². The third kappa shape index (κ3) is 4.09. The third-order valence-corrected chi connectivity index (χ3v) is 5.48. The van der Waals surface area contributed by atoms with Crippen LogP contribution in [0, 0.1) is 0 Å². The number of halogens is 1. The lowest BCUT2D eigenvalue weighted by Gasteiger charge is -2.33. The molecule has 116 valence electrons. The number of nitrogens with zero attached hydrogens (tertiary/aromatic N) is 2. The van der Waals surface area contributed by atoms with Crippen molar-refractivity contribution in [2.75, 3.05) is 37.2 Å². The number of piperazine rings is 1. The van der Waals surface area contributed by atoms with Crippen LogP contribution in [0.2, 0.25) is 5.02 Å². The molecular formula is C13H18ClN3O3S. The summed E-state index contributed by atoms with van der Waals surface area (Å²) >= 11 is 5.86. The van der Waals surface area contributed by atoms with Crippen molar-refractivity contribution in [2.45, 2.75) is 6.92 Å². The van der Waals surface area contributed by atoms with E-state index in [2.05, 4.69) is 5.32 Å². The number of anilines is 1. The van der Waals surface area contributed by atoms with Gasteiger partial charge in [-0.3, -0.25) is 0 Å². The van der Waals surface area contributed by atoms with Crippen molar-refractivity contribution in [2.24, 2.45) is 0 Å². The summed E-state index contributed by atoms with van der Waals surface area (Å²) in [6.45, 7) is 3.04. The molecule has 1 N–H and O–H groups in total. The molecule has 1 aliphatic heterocycles. The summed E-state index contributed by atoms with van der Waals surface area (Å²) in [6, 6.07) is 6.65. The number of rotatable bonds is 3. The van der Waals surface area contributed by atoms with Crippen LogP contribution in [0.1, 0.15) is 6.92 Å². The molecular weight excluding hydrogens is 314 g/mol. The minimum atomic E-state index is -3.18. The van der Waals surface area contributed by atoms with Gasteiger partial charge in [0.05, 0.1) is 5.75 Å². The van der Waals surface area contributed by atoms with Crippen LogP contribution in [-0.2, 0) is 10.0 Å². The van der Waals surface area contributed by atoms with Crippen LogP contribution in [0.15, 0.2) is 24.3 Å². The maximum Gasteiger partial charge on any atom is 0.321 e. The average Bonchev–Trinajstić information content (AvgIpc) is 2.47. The van der Waals surface area contributed by atoms with Crippen LogP contribution in [-0.4, -0.2) is 55.6 Å². The lowest BCUT2D eigenvalue weighted by atomic mass is 10.3. The van der Waals surface area contributed by atoms with Gasteiger partial charge in [-0.05, 0) is 25.1 Å². The molecule has 1 aromatic rings. The second-order valence-corrected chi connectivity index (χ2v) is 7.42. The highest BCUT2D eigenvalue weighted by molar-refractivity contribution is 7.89. The molecule has 8 heteroatoms. The first-order chi connectivity index (χ1) is 9.92. The number of amides is 2. The van der Waals surface area contributed by atoms with Gasteiger partial charge >= 0.3 is 6.03 Å². The van der Waals surface area contributed by atoms with Gasteiger partial charge in [-0.15, -0.1) is 0 Å². The molecule has 2 amide bonds. The average molecular weight is 332 g/mol. The fraction of sp³-hybridized carbons (Fsp3) is 0.462. The smallest absolute Gasteiger partial charge is 0.321 e. The second kappa shape index (κ2) is 6.64. The maximum atomic E-state index is 12.1. The highest BCUT2D eigenvalue weighted by Crippen LogP contribution is 2.16. The van der Waals surface area contributed by atoms with E-state index in [1.54, 1.807) is 36.1 Å². The molecule has 6 nitrogen and oxygen atoms in total. The summed E-state index contributed by atoms with van der Waals surface area (Å²) in [7, 11) is -3.18. The van der Waals surface area contributed by atoms with Gasteiger partial charge in [0, 0.05) is 36.9 Å². The Balaban J connectivity index is 1.92. The van der Waals surface area contributed by atoms with E-state index in [-0.39, 0.29) is 11.8 Å². The van der Waals surface area contributed by atoms with Gasteiger partial charge in [-0.25, -0.2) is 13.2 Å². The van der Waals surface area contributed by atoms with Crippen molar-refractivity contribution in [1.82, 2.24) is 9.21 Å². The Labute approximate surface area is 129 Å². The van der Waals surface area contributed by atoms with Gasteiger partial charge in [0.15, 0.2) is 0 Å². The first-order valence-electron chi connectivity index (χ1n) is 6.71. The summed E-state index contributed by atoms with van der Waals surface area (Å²) in [4.78, 5) is 13.7. The van der Waals surface area contributed by atoms with Gasteiger partial charge in [0.1, 0.15) is 0 Å². The summed E-state index contributed by atoms with van der Waals surface area (Å²) in [6.07, 6.45) is 0. The van der Waals surface area contributed by atoms with Crippen molar-refractivity contribution in [3.05, 3.63) is 29.3 Å². The first kappa shape index (κ1) is 16.1. The molecule has 2 rings (SSSR count). The zero-order chi connectivity index (χ0) is 15.5. The molecule has 0 spiro atoms. The first-order valence-corrected chi connectivity index (χ1v) is 8.70. The van der Waals surface area contributed by atoms with Gasteiger partial charge in [0.25, 0.3) is 0 Å². The minimum Gasteiger partial charge on any atom is -0.322 e. The van der Waals surface area contributed by atoms with Crippen LogP contribution in [0.5, 0.6) is 0 Å². The molecule has 0 aliphatic carbocycles. The summed E-state index contributed by atoms with van der Waals surface area (Å²) in [5.41, 5.74) is 0.621. The molecule has 1 saturated heterocycles. The van der Waals surface area contributed by atoms with Crippen molar-refractivity contribution in [3.8, 4) is 0 Å². The number of carbonyl (C=O) groups is 1. The standard InChI is InChI=1S/C13H18ClN3O3S/c1-2-21(19,20)17-8-6-16(7-9-17)13(18)15-12-5-3-4-11(14)10-12/h3-5,10H,2,6-9H2,1H3,(H,15,18). The van der Waals surface area contributed by atoms with Crippen molar-refractivity contribution >= 4 is 33.3 Å². The molecule has 0 unspecified atom stereocenters. The van der Waals surface area contributed by atoms with Crippen molar-refractivity contribution < 1.29 is 13.2 Å². The van der Waals surface area contributed by atoms with E-state index in [0.717, 1.165) is 0 Å². The zero-order valence-electron chi connectivity index (χ0n) is 11.8. The van der Waals surface area contributed by atoms with E-state index < -0.39 is 10.0 Å². The largest absolute Gasteiger partial charge is 0.322 e. The summed E-state index contributed by atoms with van der Waals surface area (Å²) in [5, 5.41) is 3.30. The molecule has 1 aliphatic rings. The van der Waals surface area contributed by atoms with Crippen molar-refractivity contribution in [3.63, 3.8) is 0 Å². The highest BCUT2D eigenvalue weighted by Gasteiger charge is 2.27. The van der Waals surface area contributed by atoms with Crippen LogP contribution < -0.4 is 5.32 Å². The van der Waals surface area contributed by atoms with E-state index in [4.69, 9.17) is 11.6 Å². The Morgan fingerprint density at radius 2 is 1.95 bits per heavy atom.